The van der Waals surface area contributed by atoms with Crippen molar-refractivity contribution < 1.29 is 143 Å². The molecule has 5 heterocycles. The van der Waals surface area contributed by atoms with Gasteiger partial charge in [0.15, 0.2) is 35.4 Å². The first-order chi connectivity index (χ1) is 37.2. The van der Waals surface area contributed by atoms with Crippen LogP contribution in [0.4, 0.5) is 0 Å². The van der Waals surface area contributed by atoms with Crippen molar-refractivity contribution in [3.63, 3.8) is 0 Å². The van der Waals surface area contributed by atoms with Crippen LogP contribution in [-0.4, -0.2) is 249 Å². The van der Waals surface area contributed by atoms with Crippen molar-refractivity contribution in [3.8, 4) is 51.6 Å². The molecule has 78 heavy (non-hydrogen) atoms. The van der Waals surface area contributed by atoms with Crippen LogP contribution in [0.1, 0.15) is 5.56 Å². The minimum atomic E-state index is -2.15. The van der Waals surface area contributed by atoms with Crippen molar-refractivity contribution >= 4 is 23.0 Å². The molecular formula is C49H59O29+. The SMILES string of the molecule is COc1cc(/C=C/C(=O)OCC2O[C@@H](Oc3cc4c(O[C@@H]5OC(CO)[C@@H](O)[C@H](O)C5O)cc(O)cc4[o+]c3-c3ccc(O)c(O)c3)[C@H](O[C@@H]3OC(CO)[C@@H](O)[C@H](O)C3O)C(O)[C@@H]2O)ccc1O[C@@H]1OC(CO)[C@@H](O)[C@H](O)C1O. The zero-order valence-electron chi connectivity index (χ0n) is 40.7. The van der Waals surface area contributed by atoms with Crippen LogP contribution in [0.15, 0.2) is 65.1 Å². The summed E-state index contributed by atoms with van der Waals surface area (Å²) in [6, 6.07) is 10.8. The Labute approximate surface area is 439 Å². The van der Waals surface area contributed by atoms with Crippen LogP contribution >= 0.6 is 0 Å². The van der Waals surface area contributed by atoms with Crippen LogP contribution < -0.4 is 18.9 Å². The predicted molar refractivity (Wildman–Crippen MR) is 253 cm³/mol. The number of aromatic hydroxyl groups is 3. The molecule has 1 aromatic heterocycles. The highest BCUT2D eigenvalue weighted by Gasteiger charge is 2.53. The number of benzene rings is 3. The highest BCUT2D eigenvalue weighted by molar-refractivity contribution is 5.89. The van der Waals surface area contributed by atoms with Crippen molar-refractivity contribution in [2.24, 2.45) is 0 Å². The Bertz CT molecular complexity index is 2720. The first-order valence-electron chi connectivity index (χ1n) is 23.9. The Hall–Kier alpha value is -5.88. The highest BCUT2D eigenvalue weighted by Crippen LogP contribution is 2.44. The second-order valence-corrected chi connectivity index (χ2v) is 18.4. The average Bonchev–Trinajstić information content (AvgIpc) is 3.54. The van der Waals surface area contributed by atoms with Gasteiger partial charge in [-0.05, 0) is 35.9 Å². The van der Waals surface area contributed by atoms with Gasteiger partial charge in [0.05, 0.1) is 38.6 Å². The topological polar surface area (TPSA) is 465 Å². The Morgan fingerprint density at radius 3 is 1.65 bits per heavy atom. The summed E-state index contributed by atoms with van der Waals surface area (Å²) in [6.07, 6.45) is -33.9. The van der Waals surface area contributed by atoms with Gasteiger partial charge in [-0.15, -0.1) is 0 Å². The van der Waals surface area contributed by atoms with E-state index in [2.05, 4.69) is 0 Å². The molecule has 4 aromatic rings. The molecule has 0 radical (unpaired) electrons. The molecule has 20 atom stereocenters. The average molecular weight is 1110 g/mol. The van der Waals surface area contributed by atoms with Gasteiger partial charge in [-0.3, -0.25) is 0 Å². The zero-order chi connectivity index (χ0) is 56.4. The quantitative estimate of drug-likeness (QED) is 0.0204. The van der Waals surface area contributed by atoms with Crippen LogP contribution in [0.5, 0.6) is 40.2 Å². The lowest BCUT2D eigenvalue weighted by atomic mass is 9.97. The molecule has 8 unspecified atom stereocenters. The van der Waals surface area contributed by atoms with Gasteiger partial charge in [0, 0.05) is 24.3 Å². The monoisotopic (exact) mass is 1110 g/mol. The summed E-state index contributed by atoms with van der Waals surface area (Å²) in [4.78, 5) is 13.2. The number of carbonyl (C=O) groups excluding carboxylic acids is 1. The van der Waals surface area contributed by atoms with E-state index in [9.17, 15) is 91.6 Å². The van der Waals surface area contributed by atoms with Gasteiger partial charge in [-0.25, -0.2) is 9.21 Å². The molecule has 4 saturated heterocycles. The van der Waals surface area contributed by atoms with Crippen LogP contribution in [0.25, 0.3) is 28.4 Å². The van der Waals surface area contributed by atoms with E-state index < -0.39 is 178 Å². The number of phenolic OH excluding ortho intramolecular Hbond substituents is 3. The number of hydrogen-bond acceptors (Lipinski definition) is 28. The van der Waals surface area contributed by atoms with Crippen molar-refractivity contribution in [3.05, 3.63) is 66.2 Å². The molecule has 0 saturated carbocycles. The molecule has 8 rings (SSSR count). The number of esters is 1. The number of rotatable bonds is 17. The third-order valence-corrected chi connectivity index (χ3v) is 13.2. The van der Waals surface area contributed by atoms with Gasteiger partial charge in [-0.1, -0.05) is 6.07 Å². The van der Waals surface area contributed by atoms with E-state index in [-0.39, 0.29) is 39.5 Å². The summed E-state index contributed by atoms with van der Waals surface area (Å²) in [5.74, 6) is -3.89. The number of methoxy groups -OCH3 is 1. The van der Waals surface area contributed by atoms with Crippen LogP contribution in [0, 0.1) is 0 Å². The number of carbonyl (C=O) groups is 1. The summed E-state index contributed by atoms with van der Waals surface area (Å²) in [5.41, 5.74) is 0.0503. The molecule has 428 valence electrons. The molecule has 17 N–H and O–H groups in total. The predicted octanol–water partition coefficient (Wildman–Crippen LogP) is -4.87. The maximum absolute atomic E-state index is 13.2. The third kappa shape index (κ3) is 12.1. The molecule has 29 heteroatoms. The van der Waals surface area contributed by atoms with E-state index in [0.717, 1.165) is 30.3 Å². The lowest BCUT2D eigenvalue weighted by Crippen LogP contribution is -2.65. The molecule has 4 aliphatic heterocycles. The maximum Gasteiger partial charge on any atom is 0.402 e. The van der Waals surface area contributed by atoms with Crippen molar-refractivity contribution in [2.75, 3.05) is 33.5 Å². The fraction of sp³-hybridized carbons (Fsp3) is 0.510. The second-order valence-electron chi connectivity index (χ2n) is 18.4. The summed E-state index contributed by atoms with van der Waals surface area (Å²) in [7, 11) is 1.27. The minimum Gasteiger partial charge on any atom is -0.507 e. The van der Waals surface area contributed by atoms with Crippen LogP contribution in [0.3, 0.4) is 0 Å². The van der Waals surface area contributed by atoms with Gasteiger partial charge in [0.2, 0.25) is 24.6 Å². The first kappa shape index (κ1) is 58.3. The molecule has 0 bridgehead atoms. The standard InChI is InChI=1S/C49H58O29/c1-68-26-8-17(2-6-23(26)71-46-41(65)37(61)33(57)28(13-50)74-46)3-7-32(56)69-16-31-36(60)40(64)45(78-48-43(67)39(63)35(59)30(15-52)76-48)49(77-31)73-27-12-20-24(70-44(27)18-4-5-21(54)22(55)9-18)10-19(53)11-25(20)72-47-42(66)38(62)34(58)29(14-51)75-47/h2-12,28-31,33-43,45-52,57-67H,13-16H2,1H3,(H2-,53,54,55)/p+1/b7-3+/t28?,29?,30?,31?,33-,34-,35-,36-,37+,38+,39+,40?,41?,42?,43?,45-,46-,47-,48+,49-/m1/s1. The van der Waals surface area contributed by atoms with E-state index in [4.69, 9.17) is 51.8 Å². The molecule has 4 fully saturated rings. The molecule has 0 amide bonds. The molecule has 0 spiro atoms. The second kappa shape index (κ2) is 24.6. The van der Waals surface area contributed by atoms with E-state index in [1.807, 2.05) is 0 Å². The number of hydrogen-bond donors (Lipinski definition) is 17. The molecule has 0 aliphatic carbocycles. The number of fused-ring (bicyclic) bond motifs is 1. The molecule has 29 nitrogen and oxygen atoms in total. The van der Waals surface area contributed by atoms with E-state index in [1.165, 1.54) is 43.5 Å². The Morgan fingerprint density at radius 1 is 0.538 bits per heavy atom. The summed E-state index contributed by atoms with van der Waals surface area (Å²) < 4.78 is 63.3. The number of aliphatic hydroxyl groups is 14. The van der Waals surface area contributed by atoms with E-state index in [0.29, 0.717) is 5.56 Å². The van der Waals surface area contributed by atoms with Crippen molar-refractivity contribution in [1.29, 1.82) is 0 Å². The number of phenols is 3. The normalized spacial score (nSPS) is 35.3. The molecule has 4 aliphatic rings. The smallest absolute Gasteiger partial charge is 0.402 e. The van der Waals surface area contributed by atoms with Crippen LogP contribution in [-0.2, 0) is 33.2 Å². The van der Waals surface area contributed by atoms with Crippen molar-refractivity contribution in [1.82, 2.24) is 0 Å². The van der Waals surface area contributed by atoms with E-state index >= 15 is 0 Å². The summed E-state index contributed by atoms with van der Waals surface area (Å²) in [6.45, 7) is -3.26. The minimum absolute atomic E-state index is 0.0130. The molecular weight excluding hydrogens is 1050 g/mol. The van der Waals surface area contributed by atoms with Gasteiger partial charge < -0.3 is 134 Å². The Morgan fingerprint density at radius 2 is 1.08 bits per heavy atom. The lowest BCUT2D eigenvalue weighted by molar-refractivity contribution is -0.357. The summed E-state index contributed by atoms with van der Waals surface area (Å²) >= 11 is 0. The third-order valence-electron chi connectivity index (χ3n) is 13.2. The maximum atomic E-state index is 13.2. The fourth-order valence-electron chi connectivity index (χ4n) is 8.81. The highest BCUT2D eigenvalue weighted by atomic mass is 16.8. The van der Waals surface area contributed by atoms with Crippen LogP contribution in [0.2, 0.25) is 0 Å². The van der Waals surface area contributed by atoms with Crippen molar-refractivity contribution in [2.45, 2.75) is 123 Å². The largest absolute Gasteiger partial charge is 0.507 e. The van der Waals surface area contributed by atoms with Gasteiger partial charge >= 0.3 is 17.3 Å². The molecule has 3 aromatic carbocycles. The van der Waals surface area contributed by atoms with Gasteiger partial charge in [-0.2, -0.15) is 0 Å². The Balaban J connectivity index is 1.09. The number of ether oxygens (including phenoxy) is 10. The van der Waals surface area contributed by atoms with Gasteiger partial charge in [0.1, 0.15) is 115 Å². The fourth-order valence-corrected chi connectivity index (χ4v) is 8.81. The summed E-state index contributed by atoms with van der Waals surface area (Å²) in [5, 5.41) is 178. The Kier molecular flexibility index (Phi) is 18.4. The van der Waals surface area contributed by atoms with Gasteiger partial charge in [0.25, 0.3) is 0 Å². The lowest BCUT2D eigenvalue weighted by Gasteiger charge is -2.45. The zero-order valence-corrected chi connectivity index (χ0v) is 40.7. The first-order valence-corrected chi connectivity index (χ1v) is 23.9. The number of aliphatic hydroxyl groups excluding tert-OH is 14. The van der Waals surface area contributed by atoms with E-state index in [1.54, 1.807) is 0 Å².